The third kappa shape index (κ3) is 4.39. The molecule has 0 radical (unpaired) electrons. The zero-order chi connectivity index (χ0) is 18.5. The molecule has 0 aliphatic carbocycles. The van der Waals surface area contributed by atoms with E-state index in [9.17, 15) is 4.79 Å². The summed E-state index contributed by atoms with van der Waals surface area (Å²) in [6, 6.07) is 15.7. The molecule has 1 heterocycles. The number of amides is 1. The van der Waals surface area contributed by atoms with Crippen molar-refractivity contribution in [3.63, 3.8) is 0 Å². The van der Waals surface area contributed by atoms with Gasteiger partial charge in [-0.3, -0.25) is 4.79 Å². The minimum Gasteiger partial charge on any atom is -0.497 e. The normalized spacial score (nSPS) is 13.3. The van der Waals surface area contributed by atoms with Crippen LogP contribution in [0.15, 0.2) is 48.5 Å². The molecule has 26 heavy (non-hydrogen) atoms. The van der Waals surface area contributed by atoms with Gasteiger partial charge in [-0.1, -0.05) is 24.3 Å². The van der Waals surface area contributed by atoms with Crippen LogP contribution >= 0.6 is 11.3 Å². The molecule has 5 nitrogen and oxygen atoms in total. The summed E-state index contributed by atoms with van der Waals surface area (Å²) in [5, 5.41) is 4.07. The first kappa shape index (κ1) is 18.4. The molecular formula is C20H24N3O2S+. The van der Waals surface area contributed by atoms with Crippen LogP contribution in [0.2, 0.25) is 0 Å². The van der Waals surface area contributed by atoms with Gasteiger partial charge >= 0.3 is 0 Å². The van der Waals surface area contributed by atoms with Gasteiger partial charge in [-0.2, -0.15) is 0 Å². The van der Waals surface area contributed by atoms with E-state index < -0.39 is 0 Å². The van der Waals surface area contributed by atoms with Crippen molar-refractivity contribution in [2.45, 2.75) is 26.1 Å². The minimum atomic E-state index is -0.153. The highest BCUT2D eigenvalue weighted by atomic mass is 32.1. The largest absolute Gasteiger partial charge is 0.497 e. The van der Waals surface area contributed by atoms with E-state index in [0.717, 1.165) is 33.3 Å². The summed E-state index contributed by atoms with van der Waals surface area (Å²) in [6.45, 7) is 3.20. The van der Waals surface area contributed by atoms with Crippen molar-refractivity contribution in [2.75, 3.05) is 14.2 Å². The Morgan fingerprint density at radius 2 is 1.96 bits per heavy atom. The molecule has 1 unspecified atom stereocenters. The van der Waals surface area contributed by atoms with E-state index in [1.807, 2.05) is 56.4 Å². The number of hydrogen-bond acceptors (Lipinski definition) is 4. The molecule has 0 spiro atoms. The highest BCUT2D eigenvalue weighted by Gasteiger charge is 2.22. The molecule has 0 saturated heterocycles. The summed E-state index contributed by atoms with van der Waals surface area (Å²) in [5.41, 5.74) is 2.08. The molecule has 136 valence electrons. The molecule has 0 bridgehead atoms. The second-order valence-electron chi connectivity index (χ2n) is 6.39. The maximum absolute atomic E-state index is 12.5. The van der Waals surface area contributed by atoms with Crippen LogP contribution in [0.5, 0.6) is 5.75 Å². The Kier molecular flexibility index (Phi) is 5.85. The lowest BCUT2D eigenvalue weighted by molar-refractivity contribution is -0.908. The van der Waals surface area contributed by atoms with E-state index in [2.05, 4.69) is 16.4 Å². The average Bonchev–Trinajstić information content (AvgIpc) is 3.08. The molecule has 3 aromatic rings. The van der Waals surface area contributed by atoms with E-state index >= 15 is 0 Å². The predicted molar refractivity (Wildman–Crippen MR) is 105 cm³/mol. The first-order valence-electron chi connectivity index (χ1n) is 8.64. The number of fused-ring (bicyclic) bond motifs is 1. The molecule has 1 amide bonds. The van der Waals surface area contributed by atoms with E-state index in [4.69, 9.17) is 4.74 Å². The van der Waals surface area contributed by atoms with Crippen LogP contribution in [0.1, 0.15) is 17.5 Å². The van der Waals surface area contributed by atoms with Gasteiger partial charge in [0.1, 0.15) is 17.3 Å². The van der Waals surface area contributed by atoms with Crippen molar-refractivity contribution in [1.29, 1.82) is 0 Å². The number of para-hydroxylation sites is 1. The first-order valence-corrected chi connectivity index (χ1v) is 9.46. The molecule has 1 aromatic heterocycles. The van der Waals surface area contributed by atoms with E-state index in [1.165, 1.54) is 4.70 Å². The van der Waals surface area contributed by atoms with Crippen molar-refractivity contribution in [3.8, 4) is 5.75 Å². The SMILES string of the molecule is COc1ccc(CNC(=O)[C@H](C)[NH+](C)Cc2nc3ccccc3s2)cc1. The van der Waals surface area contributed by atoms with Gasteiger partial charge in [-0.15, -0.1) is 11.3 Å². The van der Waals surface area contributed by atoms with Gasteiger partial charge in [0.15, 0.2) is 6.04 Å². The van der Waals surface area contributed by atoms with Crippen LogP contribution in [0.25, 0.3) is 10.2 Å². The zero-order valence-corrected chi connectivity index (χ0v) is 16.1. The summed E-state index contributed by atoms with van der Waals surface area (Å²) in [6.07, 6.45) is 0. The lowest BCUT2D eigenvalue weighted by Gasteiger charge is -2.20. The Balaban J connectivity index is 1.54. The number of nitrogens with zero attached hydrogens (tertiary/aromatic N) is 1. The number of carbonyl (C=O) groups is 1. The first-order chi connectivity index (χ1) is 12.6. The number of carbonyl (C=O) groups excluding carboxylic acids is 1. The molecule has 2 atom stereocenters. The van der Waals surface area contributed by atoms with Crippen LogP contribution < -0.4 is 15.0 Å². The Morgan fingerprint density at radius 3 is 2.65 bits per heavy atom. The third-order valence-electron chi connectivity index (χ3n) is 4.53. The van der Waals surface area contributed by atoms with E-state index in [0.29, 0.717) is 6.54 Å². The van der Waals surface area contributed by atoms with Gasteiger partial charge in [-0.05, 0) is 36.8 Å². The Morgan fingerprint density at radius 1 is 1.23 bits per heavy atom. The number of ether oxygens (including phenoxy) is 1. The molecule has 6 heteroatoms. The monoisotopic (exact) mass is 370 g/mol. The zero-order valence-electron chi connectivity index (χ0n) is 15.3. The highest BCUT2D eigenvalue weighted by Crippen LogP contribution is 2.20. The van der Waals surface area contributed by atoms with Crippen molar-refractivity contribution < 1.29 is 14.4 Å². The van der Waals surface area contributed by atoms with E-state index in [1.54, 1.807) is 18.4 Å². The van der Waals surface area contributed by atoms with Crippen LogP contribution in [-0.2, 0) is 17.9 Å². The number of thiazole rings is 1. The molecule has 0 aliphatic heterocycles. The fourth-order valence-corrected chi connectivity index (χ4v) is 3.76. The summed E-state index contributed by atoms with van der Waals surface area (Å²) in [7, 11) is 3.67. The minimum absolute atomic E-state index is 0.0411. The van der Waals surface area contributed by atoms with Gasteiger partial charge in [-0.25, -0.2) is 4.98 Å². The van der Waals surface area contributed by atoms with E-state index in [-0.39, 0.29) is 11.9 Å². The lowest BCUT2D eigenvalue weighted by atomic mass is 10.2. The lowest BCUT2D eigenvalue weighted by Crippen LogP contribution is -3.12. The highest BCUT2D eigenvalue weighted by molar-refractivity contribution is 7.18. The van der Waals surface area contributed by atoms with Crippen molar-refractivity contribution in [1.82, 2.24) is 10.3 Å². The molecule has 2 aromatic carbocycles. The fourth-order valence-electron chi connectivity index (χ4n) is 2.70. The summed E-state index contributed by atoms with van der Waals surface area (Å²) in [5.74, 6) is 0.855. The van der Waals surface area contributed by atoms with Gasteiger partial charge in [0.2, 0.25) is 0 Å². The molecule has 0 saturated carbocycles. The van der Waals surface area contributed by atoms with Gasteiger partial charge in [0.05, 0.1) is 24.4 Å². The van der Waals surface area contributed by atoms with Crippen LogP contribution in [0.3, 0.4) is 0 Å². The average molecular weight is 370 g/mol. The number of quaternary nitrogens is 1. The molecule has 3 rings (SSSR count). The summed E-state index contributed by atoms with van der Waals surface area (Å²) in [4.78, 5) is 18.2. The number of hydrogen-bond donors (Lipinski definition) is 2. The summed E-state index contributed by atoms with van der Waals surface area (Å²) < 4.78 is 6.33. The van der Waals surface area contributed by atoms with Crippen molar-refractivity contribution >= 4 is 27.5 Å². The topological polar surface area (TPSA) is 55.7 Å². The van der Waals surface area contributed by atoms with Crippen LogP contribution in [0, 0.1) is 0 Å². The van der Waals surface area contributed by atoms with Crippen LogP contribution in [0.4, 0.5) is 0 Å². The number of rotatable bonds is 7. The quantitative estimate of drug-likeness (QED) is 0.669. The second-order valence-corrected chi connectivity index (χ2v) is 7.50. The van der Waals surface area contributed by atoms with Gasteiger partial charge in [0.25, 0.3) is 5.91 Å². The molecule has 0 fully saturated rings. The van der Waals surface area contributed by atoms with Crippen molar-refractivity contribution in [2.24, 2.45) is 0 Å². The van der Waals surface area contributed by atoms with Gasteiger partial charge in [0, 0.05) is 6.54 Å². The Bertz CT molecular complexity index is 843. The third-order valence-corrected chi connectivity index (χ3v) is 5.56. The number of benzene rings is 2. The smallest absolute Gasteiger partial charge is 0.278 e. The number of methoxy groups -OCH3 is 1. The number of likely N-dealkylation sites (N-methyl/N-ethyl adjacent to an activating group) is 1. The predicted octanol–water partition coefficient (Wildman–Crippen LogP) is 2.02. The summed E-state index contributed by atoms with van der Waals surface area (Å²) >= 11 is 1.69. The second kappa shape index (κ2) is 8.29. The Labute approximate surface area is 157 Å². The maximum Gasteiger partial charge on any atom is 0.278 e. The van der Waals surface area contributed by atoms with Gasteiger partial charge < -0.3 is 15.0 Å². The maximum atomic E-state index is 12.5. The van der Waals surface area contributed by atoms with Crippen LogP contribution in [-0.4, -0.2) is 31.1 Å². The molecular weight excluding hydrogens is 346 g/mol. The number of aromatic nitrogens is 1. The number of nitrogens with one attached hydrogen (secondary N) is 2. The Hall–Kier alpha value is -2.44. The fraction of sp³-hybridized carbons (Fsp3) is 0.300. The standard InChI is InChI=1S/C20H23N3O2S/c1-14(20(24)21-12-15-8-10-16(25-3)11-9-15)23(2)13-19-22-17-6-4-5-7-18(17)26-19/h4-11,14H,12-13H2,1-3H3,(H,21,24)/p+1/t14-/m0/s1. The molecule has 2 N–H and O–H groups in total. The molecule has 0 aliphatic rings. The van der Waals surface area contributed by atoms with Crippen molar-refractivity contribution in [3.05, 3.63) is 59.1 Å².